The Hall–Kier alpha value is -3.33. The van der Waals surface area contributed by atoms with Gasteiger partial charge in [0.25, 0.3) is 5.56 Å². The van der Waals surface area contributed by atoms with E-state index in [0.29, 0.717) is 16.8 Å². The van der Waals surface area contributed by atoms with Gasteiger partial charge in [0.1, 0.15) is 0 Å². The molecule has 31 heavy (non-hydrogen) atoms. The zero-order valence-corrected chi connectivity index (χ0v) is 18.2. The number of para-hydroxylation sites is 1. The highest BCUT2D eigenvalue weighted by atomic mass is 32.1. The summed E-state index contributed by atoms with van der Waals surface area (Å²) in [7, 11) is 0. The summed E-state index contributed by atoms with van der Waals surface area (Å²) >= 11 is 1.51. The van der Waals surface area contributed by atoms with Gasteiger partial charge in [-0.05, 0) is 37.8 Å². The molecule has 0 bridgehead atoms. The number of thiazole rings is 1. The molecule has 9 heteroatoms. The van der Waals surface area contributed by atoms with E-state index in [9.17, 15) is 4.79 Å². The molecule has 1 saturated heterocycles. The molecule has 5 rings (SSSR count). The number of benzene rings is 1. The maximum absolute atomic E-state index is 12.3. The summed E-state index contributed by atoms with van der Waals surface area (Å²) in [5.41, 5.74) is 2.73. The third-order valence-corrected chi connectivity index (χ3v) is 6.52. The van der Waals surface area contributed by atoms with Gasteiger partial charge in [-0.25, -0.2) is 19.9 Å². The third-order valence-electron chi connectivity index (χ3n) is 5.57. The van der Waals surface area contributed by atoms with Crippen LogP contribution in [-0.4, -0.2) is 38.0 Å². The number of rotatable bonds is 4. The predicted molar refractivity (Wildman–Crippen MR) is 124 cm³/mol. The Morgan fingerprint density at radius 1 is 1.16 bits per heavy atom. The molecule has 0 aliphatic carbocycles. The lowest BCUT2D eigenvalue weighted by Crippen LogP contribution is -2.34. The molecular weight excluding hydrogens is 410 g/mol. The maximum Gasteiger partial charge on any atom is 0.252 e. The van der Waals surface area contributed by atoms with Gasteiger partial charge in [-0.3, -0.25) is 9.78 Å². The Morgan fingerprint density at radius 3 is 2.74 bits per heavy atom. The van der Waals surface area contributed by atoms with Crippen LogP contribution < -0.4 is 15.8 Å². The fraction of sp³-hybridized carbons (Fsp3) is 0.318. The van der Waals surface area contributed by atoms with E-state index in [2.05, 4.69) is 37.1 Å². The standard InChI is InChI=1S/C22H23N7OS/c1-13-7-9-29(10-8-13)21-23-12-15(14(2)24-21)17-11-19(30)27-20(25-17)28-22-26-16-5-3-4-6-18(16)31-22/h3-6,11-13H,7-10H2,1-2H3,(H2,25,26,27,28,30). The summed E-state index contributed by atoms with van der Waals surface area (Å²) in [6, 6.07) is 9.35. The van der Waals surface area contributed by atoms with Gasteiger partial charge in [0.05, 0.1) is 21.6 Å². The van der Waals surface area contributed by atoms with Crippen molar-refractivity contribution in [1.29, 1.82) is 0 Å². The second kappa shape index (κ2) is 8.07. The number of H-pyrrole nitrogens is 1. The lowest BCUT2D eigenvalue weighted by Gasteiger charge is -2.30. The number of fused-ring (bicyclic) bond motifs is 1. The number of aromatic amines is 1. The SMILES string of the molecule is Cc1nc(N2CCC(C)CC2)ncc1-c1cc(=O)[nH]c(Nc2nc3ccccc3s2)n1. The van der Waals surface area contributed by atoms with Crippen molar-refractivity contribution in [2.75, 3.05) is 23.3 Å². The molecule has 0 saturated carbocycles. The summed E-state index contributed by atoms with van der Waals surface area (Å²) in [5, 5.41) is 3.79. The number of aromatic nitrogens is 5. The van der Waals surface area contributed by atoms with Gasteiger partial charge in [0.15, 0.2) is 5.13 Å². The van der Waals surface area contributed by atoms with E-state index in [4.69, 9.17) is 4.98 Å². The predicted octanol–water partition coefficient (Wildman–Crippen LogP) is 4.12. The fourth-order valence-corrected chi connectivity index (χ4v) is 4.61. The lowest BCUT2D eigenvalue weighted by atomic mass is 10.00. The number of hydrogen-bond donors (Lipinski definition) is 2. The molecule has 4 aromatic rings. The highest BCUT2D eigenvalue weighted by molar-refractivity contribution is 7.22. The van der Waals surface area contributed by atoms with Crippen molar-refractivity contribution in [3.05, 3.63) is 52.6 Å². The van der Waals surface area contributed by atoms with E-state index < -0.39 is 0 Å². The fourth-order valence-electron chi connectivity index (χ4n) is 3.75. The largest absolute Gasteiger partial charge is 0.341 e. The third kappa shape index (κ3) is 4.13. The summed E-state index contributed by atoms with van der Waals surface area (Å²) in [6.45, 7) is 6.15. The number of anilines is 3. The molecule has 0 atom stereocenters. The first-order chi connectivity index (χ1) is 15.0. The molecule has 0 radical (unpaired) electrons. The average molecular weight is 434 g/mol. The minimum absolute atomic E-state index is 0.248. The Kier molecular flexibility index (Phi) is 5.11. The van der Waals surface area contributed by atoms with Crippen molar-refractivity contribution >= 4 is 38.6 Å². The van der Waals surface area contributed by atoms with Crippen molar-refractivity contribution in [2.24, 2.45) is 5.92 Å². The van der Waals surface area contributed by atoms with Gasteiger partial charge >= 0.3 is 0 Å². The Labute approximate surface area is 183 Å². The number of aryl methyl sites for hydroxylation is 1. The van der Waals surface area contributed by atoms with Crippen LogP contribution >= 0.6 is 11.3 Å². The minimum Gasteiger partial charge on any atom is -0.341 e. The van der Waals surface area contributed by atoms with Crippen LogP contribution in [0.1, 0.15) is 25.5 Å². The van der Waals surface area contributed by atoms with Crippen LogP contribution in [0.5, 0.6) is 0 Å². The molecule has 1 fully saturated rings. The molecule has 3 aromatic heterocycles. The molecular formula is C22H23N7OS. The van der Waals surface area contributed by atoms with E-state index in [1.807, 2.05) is 31.2 Å². The Balaban J connectivity index is 1.42. The molecule has 0 spiro atoms. The van der Waals surface area contributed by atoms with Crippen LogP contribution in [0.15, 0.2) is 41.3 Å². The van der Waals surface area contributed by atoms with E-state index in [0.717, 1.165) is 59.3 Å². The Morgan fingerprint density at radius 2 is 1.97 bits per heavy atom. The molecule has 0 unspecified atom stereocenters. The minimum atomic E-state index is -0.248. The van der Waals surface area contributed by atoms with Gasteiger partial charge in [0, 0.05) is 30.9 Å². The van der Waals surface area contributed by atoms with Gasteiger partial charge < -0.3 is 10.2 Å². The lowest BCUT2D eigenvalue weighted by molar-refractivity contribution is 0.434. The number of hydrogen-bond acceptors (Lipinski definition) is 8. The molecule has 158 valence electrons. The van der Waals surface area contributed by atoms with E-state index >= 15 is 0 Å². The molecule has 4 heterocycles. The highest BCUT2D eigenvalue weighted by Gasteiger charge is 2.19. The normalized spacial score (nSPS) is 14.8. The first kappa shape index (κ1) is 19.6. The van der Waals surface area contributed by atoms with Crippen molar-refractivity contribution in [3.63, 3.8) is 0 Å². The quantitative estimate of drug-likeness (QED) is 0.499. The van der Waals surface area contributed by atoms with Crippen LogP contribution in [0.2, 0.25) is 0 Å². The molecule has 0 amide bonds. The van der Waals surface area contributed by atoms with Crippen LogP contribution in [0.25, 0.3) is 21.5 Å². The molecule has 1 aliphatic heterocycles. The van der Waals surface area contributed by atoms with Crippen LogP contribution in [-0.2, 0) is 0 Å². The van der Waals surface area contributed by atoms with Crippen molar-refractivity contribution in [1.82, 2.24) is 24.9 Å². The summed E-state index contributed by atoms with van der Waals surface area (Å²) < 4.78 is 1.07. The monoisotopic (exact) mass is 433 g/mol. The van der Waals surface area contributed by atoms with E-state index in [1.54, 1.807) is 6.20 Å². The molecule has 2 N–H and O–H groups in total. The van der Waals surface area contributed by atoms with Crippen LogP contribution in [0.3, 0.4) is 0 Å². The van der Waals surface area contributed by atoms with Crippen LogP contribution in [0, 0.1) is 12.8 Å². The number of nitrogens with one attached hydrogen (secondary N) is 2. The zero-order chi connectivity index (χ0) is 21.4. The number of nitrogens with zero attached hydrogens (tertiary/aromatic N) is 5. The topological polar surface area (TPSA) is 99.7 Å². The van der Waals surface area contributed by atoms with Crippen LogP contribution in [0.4, 0.5) is 17.0 Å². The van der Waals surface area contributed by atoms with E-state index in [1.165, 1.54) is 17.4 Å². The van der Waals surface area contributed by atoms with Crippen molar-refractivity contribution < 1.29 is 0 Å². The Bertz CT molecular complexity index is 1260. The molecule has 1 aromatic carbocycles. The van der Waals surface area contributed by atoms with Crippen molar-refractivity contribution in [3.8, 4) is 11.3 Å². The van der Waals surface area contributed by atoms with Gasteiger partial charge in [-0.2, -0.15) is 0 Å². The molecule has 1 aliphatic rings. The number of piperidine rings is 1. The summed E-state index contributed by atoms with van der Waals surface area (Å²) in [5.74, 6) is 1.83. The van der Waals surface area contributed by atoms with E-state index in [-0.39, 0.29) is 5.56 Å². The second-order valence-electron chi connectivity index (χ2n) is 7.93. The smallest absolute Gasteiger partial charge is 0.252 e. The molecule has 8 nitrogen and oxygen atoms in total. The zero-order valence-electron chi connectivity index (χ0n) is 17.4. The average Bonchev–Trinajstić information content (AvgIpc) is 3.16. The second-order valence-corrected chi connectivity index (χ2v) is 8.96. The highest BCUT2D eigenvalue weighted by Crippen LogP contribution is 2.28. The van der Waals surface area contributed by atoms with Crippen molar-refractivity contribution in [2.45, 2.75) is 26.7 Å². The van der Waals surface area contributed by atoms with Gasteiger partial charge in [0.2, 0.25) is 11.9 Å². The first-order valence-corrected chi connectivity index (χ1v) is 11.2. The maximum atomic E-state index is 12.3. The first-order valence-electron chi connectivity index (χ1n) is 10.4. The van der Waals surface area contributed by atoms with Gasteiger partial charge in [-0.1, -0.05) is 30.4 Å². The van der Waals surface area contributed by atoms with Gasteiger partial charge in [-0.15, -0.1) is 0 Å². The summed E-state index contributed by atoms with van der Waals surface area (Å²) in [4.78, 5) is 35.7. The summed E-state index contributed by atoms with van der Waals surface area (Å²) in [6.07, 6.45) is 4.07.